The Labute approximate surface area is 121 Å². The number of nitrogens with zero attached hydrogens (tertiary/aromatic N) is 1. The third kappa shape index (κ3) is 3.31. The molecular weight excluding hydrogens is 274 g/mol. The number of nitrogens with two attached hydrogens (primary N) is 1. The van der Waals surface area contributed by atoms with E-state index in [1.165, 1.54) is 4.31 Å². The average molecular weight is 297 g/mol. The number of nitrogens with one attached hydrogen (secondary N) is 1. The fourth-order valence-electron chi connectivity index (χ4n) is 2.65. The zero-order chi connectivity index (χ0) is 14.8. The smallest absolute Gasteiger partial charge is 0.301 e. The maximum absolute atomic E-state index is 12.5. The van der Waals surface area contributed by atoms with Crippen LogP contribution in [-0.2, 0) is 10.2 Å². The number of aryl methyl sites for hydroxylation is 2. The van der Waals surface area contributed by atoms with Crippen molar-refractivity contribution in [2.75, 3.05) is 17.8 Å². The summed E-state index contributed by atoms with van der Waals surface area (Å²) in [5.74, 6) is 0. The third-order valence-corrected chi connectivity index (χ3v) is 5.35. The van der Waals surface area contributed by atoms with Gasteiger partial charge in [0.15, 0.2) is 0 Å². The van der Waals surface area contributed by atoms with Crippen molar-refractivity contribution in [3.8, 4) is 0 Å². The highest BCUT2D eigenvalue weighted by Crippen LogP contribution is 2.23. The molecular formula is C14H23N3O2S. The number of rotatable bonds is 4. The number of hydrogen-bond acceptors (Lipinski definition) is 3. The molecule has 2 rings (SSSR count). The van der Waals surface area contributed by atoms with Crippen LogP contribution in [0.1, 0.15) is 30.4 Å². The molecule has 3 N–H and O–H groups in total. The molecule has 1 aliphatic rings. The van der Waals surface area contributed by atoms with Crippen LogP contribution in [0.5, 0.6) is 0 Å². The Hall–Kier alpha value is -1.11. The summed E-state index contributed by atoms with van der Waals surface area (Å²) in [4.78, 5) is 0. The summed E-state index contributed by atoms with van der Waals surface area (Å²) in [7, 11) is -3.53. The standard InChI is InChI=1S/C14H23N3O2S/c1-11-6-7-14(12(2)9-11)16-20(18,19)17-8-4-3-5-13(17)10-15/h6-7,9,13,16H,3-5,8,10,15H2,1-2H3. The van der Waals surface area contributed by atoms with E-state index < -0.39 is 10.2 Å². The Kier molecular flexibility index (Phi) is 4.67. The summed E-state index contributed by atoms with van der Waals surface area (Å²) in [5, 5.41) is 0. The molecule has 1 aliphatic heterocycles. The average Bonchev–Trinajstić information content (AvgIpc) is 2.42. The van der Waals surface area contributed by atoms with E-state index in [1.54, 1.807) is 0 Å². The second-order valence-electron chi connectivity index (χ2n) is 5.42. The molecule has 0 amide bonds. The lowest BCUT2D eigenvalue weighted by Gasteiger charge is -2.34. The zero-order valence-corrected chi connectivity index (χ0v) is 12.9. The van der Waals surface area contributed by atoms with E-state index in [9.17, 15) is 8.42 Å². The first-order valence-corrected chi connectivity index (χ1v) is 8.45. The maximum atomic E-state index is 12.5. The molecule has 0 radical (unpaired) electrons. The summed E-state index contributed by atoms with van der Waals surface area (Å²) in [6.07, 6.45) is 2.77. The molecule has 0 saturated carbocycles. The van der Waals surface area contributed by atoms with E-state index in [0.29, 0.717) is 18.8 Å². The van der Waals surface area contributed by atoms with Crippen molar-refractivity contribution in [2.45, 2.75) is 39.2 Å². The first-order chi connectivity index (χ1) is 9.44. The highest BCUT2D eigenvalue weighted by molar-refractivity contribution is 7.90. The highest BCUT2D eigenvalue weighted by atomic mass is 32.2. The fraction of sp³-hybridized carbons (Fsp3) is 0.571. The number of piperidine rings is 1. The number of benzene rings is 1. The Bertz CT molecular complexity index is 572. The second kappa shape index (κ2) is 6.11. The van der Waals surface area contributed by atoms with Crippen molar-refractivity contribution in [3.63, 3.8) is 0 Å². The largest absolute Gasteiger partial charge is 0.329 e. The minimum absolute atomic E-state index is 0.0907. The Morgan fingerprint density at radius 3 is 2.75 bits per heavy atom. The van der Waals surface area contributed by atoms with Gasteiger partial charge in [0.05, 0.1) is 5.69 Å². The van der Waals surface area contributed by atoms with Crippen LogP contribution in [0, 0.1) is 13.8 Å². The number of hydrogen-bond donors (Lipinski definition) is 2. The van der Waals surface area contributed by atoms with Crippen molar-refractivity contribution in [3.05, 3.63) is 29.3 Å². The summed E-state index contributed by atoms with van der Waals surface area (Å²) in [6, 6.07) is 5.59. The third-order valence-electron chi connectivity index (χ3n) is 3.77. The van der Waals surface area contributed by atoms with Gasteiger partial charge < -0.3 is 5.73 Å². The van der Waals surface area contributed by atoms with Crippen LogP contribution in [-0.4, -0.2) is 31.9 Å². The molecule has 1 saturated heterocycles. The lowest BCUT2D eigenvalue weighted by Crippen LogP contribution is -2.49. The monoisotopic (exact) mass is 297 g/mol. The molecule has 20 heavy (non-hydrogen) atoms. The highest BCUT2D eigenvalue weighted by Gasteiger charge is 2.31. The van der Waals surface area contributed by atoms with Gasteiger partial charge in [0.25, 0.3) is 0 Å². The van der Waals surface area contributed by atoms with Gasteiger partial charge in [0, 0.05) is 19.1 Å². The van der Waals surface area contributed by atoms with Crippen molar-refractivity contribution in [2.24, 2.45) is 5.73 Å². The second-order valence-corrected chi connectivity index (χ2v) is 7.04. The minimum atomic E-state index is -3.53. The van der Waals surface area contributed by atoms with Crippen molar-refractivity contribution in [1.29, 1.82) is 0 Å². The van der Waals surface area contributed by atoms with Crippen LogP contribution >= 0.6 is 0 Å². The molecule has 5 nitrogen and oxygen atoms in total. The summed E-state index contributed by atoms with van der Waals surface area (Å²) >= 11 is 0. The molecule has 1 unspecified atom stereocenters. The van der Waals surface area contributed by atoms with Crippen LogP contribution in [0.4, 0.5) is 5.69 Å². The van der Waals surface area contributed by atoms with Crippen LogP contribution in [0.2, 0.25) is 0 Å². The van der Waals surface area contributed by atoms with E-state index in [4.69, 9.17) is 5.73 Å². The van der Waals surface area contributed by atoms with Gasteiger partial charge in [-0.2, -0.15) is 12.7 Å². The van der Waals surface area contributed by atoms with E-state index >= 15 is 0 Å². The Balaban J connectivity index is 2.21. The van der Waals surface area contributed by atoms with Gasteiger partial charge in [-0.3, -0.25) is 4.72 Å². The molecule has 1 fully saturated rings. The first-order valence-electron chi connectivity index (χ1n) is 7.01. The quantitative estimate of drug-likeness (QED) is 0.889. The van der Waals surface area contributed by atoms with Crippen LogP contribution in [0.25, 0.3) is 0 Å². The maximum Gasteiger partial charge on any atom is 0.301 e. The first kappa shape index (κ1) is 15.3. The van der Waals surface area contributed by atoms with Gasteiger partial charge >= 0.3 is 10.2 Å². The summed E-state index contributed by atoms with van der Waals surface area (Å²) < 4.78 is 29.2. The molecule has 1 aromatic rings. The number of anilines is 1. The molecule has 0 aliphatic carbocycles. The normalized spacial score (nSPS) is 20.9. The zero-order valence-electron chi connectivity index (χ0n) is 12.1. The lowest BCUT2D eigenvalue weighted by atomic mass is 10.1. The van der Waals surface area contributed by atoms with E-state index in [1.807, 2.05) is 32.0 Å². The van der Waals surface area contributed by atoms with Crippen molar-refractivity contribution < 1.29 is 8.42 Å². The summed E-state index contributed by atoms with van der Waals surface area (Å²) in [5.41, 5.74) is 8.38. The van der Waals surface area contributed by atoms with Crippen molar-refractivity contribution >= 4 is 15.9 Å². The molecule has 0 spiro atoms. The van der Waals surface area contributed by atoms with Gasteiger partial charge in [-0.15, -0.1) is 0 Å². The predicted molar refractivity (Wildman–Crippen MR) is 81.9 cm³/mol. The van der Waals surface area contributed by atoms with E-state index in [2.05, 4.69) is 4.72 Å². The molecule has 6 heteroatoms. The van der Waals surface area contributed by atoms with Gasteiger partial charge in [0.1, 0.15) is 0 Å². The lowest BCUT2D eigenvalue weighted by molar-refractivity contribution is 0.259. The molecule has 0 aromatic heterocycles. The molecule has 112 valence electrons. The van der Waals surface area contributed by atoms with Gasteiger partial charge in [-0.25, -0.2) is 0 Å². The molecule has 1 heterocycles. The fourth-order valence-corrected chi connectivity index (χ4v) is 4.23. The SMILES string of the molecule is Cc1ccc(NS(=O)(=O)N2CCCCC2CN)c(C)c1. The van der Waals surface area contributed by atoms with Crippen LogP contribution in [0.15, 0.2) is 18.2 Å². The van der Waals surface area contributed by atoms with Crippen LogP contribution in [0.3, 0.4) is 0 Å². The van der Waals surface area contributed by atoms with E-state index in [-0.39, 0.29) is 6.04 Å². The Morgan fingerprint density at radius 1 is 1.35 bits per heavy atom. The predicted octanol–water partition coefficient (Wildman–Crippen LogP) is 1.77. The van der Waals surface area contributed by atoms with Crippen LogP contribution < -0.4 is 10.5 Å². The molecule has 1 atom stereocenters. The summed E-state index contributed by atoms with van der Waals surface area (Å²) in [6.45, 7) is 4.80. The van der Waals surface area contributed by atoms with Gasteiger partial charge in [-0.05, 0) is 38.3 Å². The van der Waals surface area contributed by atoms with E-state index in [0.717, 1.165) is 30.4 Å². The van der Waals surface area contributed by atoms with Gasteiger partial charge in [-0.1, -0.05) is 24.1 Å². The Morgan fingerprint density at radius 2 is 2.10 bits per heavy atom. The molecule has 1 aromatic carbocycles. The van der Waals surface area contributed by atoms with Crippen molar-refractivity contribution in [1.82, 2.24) is 4.31 Å². The molecule has 0 bridgehead atoms. The van der Waals surface area contributed by atoms with Gasteiger partial charge in [0.2, 0.25) is 0 Å². The topological polar surface area (TPSA) is 75.4 Å². The minimum Gasteiger partial charge on any atom is -0.329 e.